The van der Waals surface area contributed by atoms with E-state index in [4.69, 9.17) is 4.74 Å². The molecular weight excluding hydrogens is 259 g/mol. The van der Waals surface area contributed by atoms with Crippen LogP contribution in [0.1, 0.15) is 16.1 Å². The van der Waals surface area contributed by atoms with Gasteiger partial charge in [-0.05, 0) is 24.3 Å². The number of ether oxygens (including phenoxy) is 1. The summed E-state index contributed by atoms with van der Waals surface area (Å²) in [6, 6.07) is 9.93. The van der Waals surface area contributed by atoms with Crippen molar-refractivity contribution in [3.8, 4) is 5.75 Å². The molecule has 0 bridgehead atoms. The first-order chi connectivity index (χ1) is 8.97. The molecule has 1 aromatic carbocycles. The van der Waals surface area contributed by atoms with Crippen LogP contribution in [0.4, 0.5) is 13.2 Å². The molecule has 0 amide bonds. The lowest BCUT2D eigenvalue weighted by atomic mass is 10.2. The smallest absolute Gasteiger partial charge is 0.421 e. The van der Waals surface area contributed by atoms with Crippen LogP contribution >= 0.6 is 0 Å². The molecule has 3 nitrogen and oxygen atoms in total. The predicted octanol–water partition coefficient (Wildman–Crippen LogP) is 3.32. The average Bonchev–Trinajstić information content (AvgIpc) is 2.39. The number of aromatic nitrogens is 1. The number of alkyl halides is 3. The Balaban J connectivity index is 2.10. The van der Waals surface area contributed by atoms with Crippen molar-refractivity contribution in [3.05, 3.63) is 59.9 Å². The van der Waals surface area contributed by atoms with Gasteiger partial charge in [-0.3, -0.25) is 0 Å². The fraction of sp³-hybridized carbons (Fsp3) is 0.0769. The van der Waals surface area contributed by atoms with Crippen molar-refractivity contribution in [2.45, 2.75) is 6.18 Å². The van der Waals surface area contributed by atoms with Gasteiger partial charge in [-0.1, -0.05) is 18.2 Å². The summed E-state index contributed by atoms with van der Waals surface area (Å²) >= 11 is 0. The minimum absolute atomic E-state index is 0.0400. The Kier molecular flexibility index (Phi) is 3.50. The molecule has 1 aromatic heterocycles. The molecule has 6 heteroatoms. The fourth-order valence-electron chi connectivity index (χ4n) is 1.35. The molecule has 0 aliphatic carbocycles. The number of hydrogen-bond donors (Lipinski definition) is 0. The highest BCUT2D eigenvalue weighted by Crippen LogP contribution is 2.28. The van der Waals surface area contributed by atoms with Crippen molar-refractivity contribution in [1.29, 1.82) is 0 Å². The van der Waals surface area contributed by atoms with Crippen LogP contribution < -0.4 is 4.74 Å². The van der Waals surface area contributed by atoms with Crippen molar-refractivity contribution in [1.82, 2.24) is 4.98 Å². The summed E-state index contributed by atoms with van der Waals surface area (Å²) in [6.45, 7) is 0. The monoisotopic (exact) mass is 267 g/mol. The Morgan fingerprint density at radius 1 is 1.05 bits per heavy atom. The first-order valence-electron chi connectivity index (χ1n) is 5.27. The third kappa shape index (κ3) is 3.31. The van der Waals surface area contributed by atoms with Crippen molar-refractivity contribution < 1.29 is 22.7 Å². The Bertz CT molecular complexity index is 565. The number of benzene rings is 1. The van der Waals surface area contributed by atoms with Crippen LogP contribution in [0.3, 0.4) is 0 Å². The van der Waals surface area contributed by atoms with E-state index in [0.29, 0.717) is 5.56 Å². The summed E-state index contributed by atoms with van der Waals surface area (Å²) in [5.41, 5.74) is -0.727. The number of carbonyl (C=O) groups excluding carboxylic acids is 1. The average molecular weight is 267 g/mol. The third-order valence-corrected chi connectivity index (χ3v) is 2.25. The van der Waals surface area contributed by atoms with E-state index in [2.05, 4.69) is 4.98 Å². The van der Waals surface area contributed by atoms with Crippen molar-refractivity contribution in [2.75, 3.05) is 0 Å². The molecule has 0 saturated heterocycles. The van der Waals surface area contributed by atoms with Gasteiger partial charge in [0, 0.05) is 0 Å². The maximum absolute atomic E-state index is 12.3. The van der Waals surface area contributed by atoms with Gasteiger partial charge in [0.2, 0.25) is 0 Å². The van der Waals surface area contributed by atoms with Gasteiger partial charge in [0.15, 0.2) is 0 Å². The summed E-state index contributed by atoms with van der Waals surface area (Å²) in [7, 11) is 0. The van der Waals surface area contributed by atoms with Crippen LogP contribution in [0.15, 0.2) is 48.7 Å². The van der Waals surface area contributed by atoms with E-state index in [-0.39, 0.29) is 5.75 Å². The molecular formula is C13H8F3NO2. The molecule has 0 fully saturated rings. The lowest BCUT2D eigenvalue weighted by Gasteiger charge is -2.07. The Labute approximate surface area is 106 Å². The standard InChI is InChI=1S/C13H8F3NO2/c14-13(15,16)11-7-6-10(8-17-11)19-12(18)9-4-2-1-3-5-9/h1-8H. The zero-order valence-electron chi connectivity index (χ0n) is 9.52. The van der Waals surface area contributed by atoms with Gasteiger partial charge in [-0.15, -0.1) is 0 Å². The second kappa shape index (κ2) is 5.09. The van der Waals surface area contributed by atoms with E-state index in [9.17, 15) is 18.0 Å². The molecule has 0 aliphatic rings. The topological polar surface area (TPSA) is 39.2 Å². The molecule has 2 aromatic rings. The molecule has 0 atom stereocenters. The van der Waals surface area contributed by atoms with E-state index < -0.39 is 17.8 Å². The van der Waals surface area contributed by atoms with E-state index >= 15 is 0 Å². The molecule has 19 heavy (non-hydrogen) atoms. The molecule has 0 N–H and O–H groups in total. The van der Waals surface area contributed by atoms with E-state index in [0.717, 1.165) is 18.3 Å². The SMILES string of the molecule is O=C(Oc1ccc(C(F)(F)F)nc1)c1ccccc1. The first-order valence-corrected chi connectivity index (χ1v) is 5.27. The Morgan fingerprint density at radius 3 is 2.26 bits per heavy atom. The van der Waals surface area contributed by atoms with Gasteiger partial charge in [0.05, 0.1) is 11.8 Å². The lowest BCUT2D eigenvalue weighted by molar-refractivity contribution is -0.141. The Morgan fingerprint density at radius 2 is 1.74 bits per heavy atom. The largest absolute Gasteiger partial charge is 0.433 e. The van der Waals surface area contributed by atoms with Crippen LogP contribution in [0, 0.1) is 0 Å². The van der Waals surface area contributed by atoms with E-state index in [1.807, 2.05) is 0 Å². The normalized spacial score (nSPS) is 11.1. The van der Waals surface area contributed by atoms with Gasteiger partial charge in [0.25, 0.3) is 0 Å². The minimum atomic E-state index is -4.51. The lowest BCUT2D eigenvalue weighted by Crippen LogP contribution is -2.10. The van der Waals surface area contributed by atoms with Crippen LogP contribution in [0.2, 0.25) is 0 Å². The van der Waals surface area contributed by atoms with E-state index in [1.165, 1.54) is 0 Å². The van der Waals surface area contributed by atoms with E-state index in [1.54, 1.807) is 30.3 Å². The van der Waals surface area contributed by atoms with Gasteiger partial charge in [-0.2, -0.15) is 13.2 Å². The summed E-state index contributed by atoms with van der Waals surface area (Å²) in [5, 5.41) is 0. The quantitative estimate of drug-likeness (QED) is 0.783. The summed E-state index contributed by atoms with van der Waals surface area (Å²) in [4.78, 5) is 14.8. The fourth-order valence-corrected chi connectivity index (χ4v) is 1.35. The molecule has 0 spiro atoms. The number of pyridine rings is 1. The van der Waals surface area contributed by atoms with Crippen LogP contribution in [0.5, 0.6) is 5.75 Å². The predicted molar refractivity (Wildman–Crippen MR) is 60.6 cm³/mol. The molecule has 0 radical (unpaired) electrons. The highest BCUT2D eigenvalue weighted by atomic mass is 19.4. The number of halogens is 3. The third-order valence-electron chi connectivity index (χ3n) is 2.25. The number of nitrogens with zero attached hydrogens (tertiary/aromatic N) is 1. The zero-order valence-corrected chi connectivity index (χ0v) is 9.52. The molecule has 2 rings (SSSR count). The number of esters is 1. The van der Waals surface area contributed by atoms with Crippen LogP contribution in [-0.4, -0.2) is 11.0 Å². The first kappa shape index (κ1) is 13.1. The highest BCUT2D eigenvalue weighted by Gasteiger charge is 2.32. The second-order valence-electron chi connectivity index (χ2n) is 3.63. The van der Waals surface area contributed by atoms with Crippen molar-refractivity contribution in [2.24, 2.45) is 0 Å². The zero-order chi connectivity index (χ0) is 13.9. The van der Waals surface area contributed by atoms with Crippen LogP contribution in [0.25, 0.3) is 0 Å². The van der Waals surface area contributed by atoms with Crippen LogP contribution in [-0.2, 0) is 6.18 Å². The molecule has 0 unspecified atom stereocenters. The van der Waals surface area contributed by atoms with Gasteiger partial charge < -0.3 is 4.74 Å². The van der Waals surface area contributed by atoms with Crippen molar-refractivity contribution >= 4 is 5.97 Å². The molecule has 1 heterocycles. The summed E-state index contributed by atoms with van der Waals surface area (Å²) in [5.74, 6) is -0.691. The van der Waals surface area contributed by atoms with Gasteiger partial charge in [-0.25, -0.2) is 9.78 Å². The van der Waals surface area contributed by atoms with Gasteiger partial charge in [0.1, 0.15) is 11.4 Å². The molecule has 0 aliphatic heterocycles. The number of hydrogen-bond acceptors (Lipinski definition) is 3. The molecule has 98 valence electrons. The van der Waals surface area contributed by atoms with Gasteiger partial charge >= 0.3 is 12.1 Å². The highest BCUT2D eigenvalue weighted by molar-refractivity contribution is 5.90. The second-order valence-corrected chi connectivity index (χ2v) is 3.63. The molecule has 0 saturated carbocycles. The number of rotatable bonds is 2. The minimum Gasteiger partial charge on any atom is -0.421 e. The number of carbonyl (C=O) groups is 1. The maximum atomic E-state index is 12.3. The summed E-state index contributed by atoms with van der Waals surface area (Å²) in [6.07, 6.45) is -3.65. The maximum Gasteiger partial charge on any atom is 0.433 e. The van der Waals surface area contributed by atoms with Crippen molar-refractivity contribution in [3.63, 3.8) is 0 Å². The Hall–Kier alpha value is -2.37. The summed E-state index contributed by atoms with van der Waals surface area (Å²) < 4.78 is 41.7.